The van der Waals surface area contributed by atoms with Gasteiger partial charge in [0.05, 0.1) is 19.0 Å². The summed E-state index contributed by atoms with van der Waals surface area (Å²) in [5, 5.41) is 11.4. The maximum atomic E-state index is 5.01. The summed E-state index contributed by atoms with van der Waals surface area (Å²) >= 11 is 5.01. The van der Waals surface area contributed by atoms with E-state index < -0.39 is 0 Å². The molecule has 0 bridgehead atoms. The molecule has 1 fully saturated rings. The summed E-state index contributed by atoms with van der Waals surface area (Å²) in [5.74, 6) is 0. The minimum absolute atomic E-state index is 0.732. The topological polar surface area (TPSA) is 45.1 Å². The van der Waals surface area contributed by atoms with E-state index in [-0.39, 0.29) is 0 Å². The first-order chi connectivity index (χ1) is 7.58. The number of nitrogens with one attached hydrogen (secondary N) is 2. The van der Waals surface area contributed by atoms with Crippen molar-refractivity contribution >= 4 is 17.3 Å². The third kappa shape index (κ3) is 2.17. The van der Waals surface area contributed by atoms with Crippen molar-refractivity contribution in [3.63, 3.8) is 0 Å². The molecule has 1 aromatic heterocycles. The third-order valence-electron chi connectivity index (χ3n) is 2.97. The Kier molecular flexibility index (Phi) is 3.11. The van der Waals surface area contributed by atoms with Crippen molar-refractivity contribution in [2.45, 2.75) is 20.4 Å². The number of rotatable bonds is 2. The summed E-state index contributed by atoms with van der Waals surface area (Å²) in [6, 6.07) is 0. The summed E-state index contributed by atoms with van der Waals surface area (Å²) < 4.78 is 1.93. The molecule has 0 atom stereocenters. The maximum absolute atomic E-state index is 5.01. The van der Waals surface area contributed by atoms with Crippen molar-refractivity contribution in [1.29, 1.82) is 0 Å². The van der Waals surface area contributed by atoms with Gasteiger partial charge in [-0.1, -0.05) is 0 Å². The monoisotopic (exact) mass is 239 g/mol. The fourth-order valence-corrected chi connectivity index (χ4v) is 2.00. The van der Waals surface area contributed by atoms with Gasteiger partial charge in [0.1, 0.15) is 0 Å². The molecule has 16 heavy (non-hydrogen) atoms. The Labute approximate surface area is 101 Å². The van der Waals surface area contributed by atoms with Gasteiger partial charge in [0.25, 0.3) is 0 Å². The van der Waals surface area contributed by atoms with Crippen LogP contribution in [0.2, 0.25) is 0 Å². The highest BCUT2D eigenvalue weighted by Gasteiger charge is 2.16. The van der Waals surface area contributed by atoms with Crippen LogP contribution in [0, 0.1) is 13.8 Å². The molecule has 0 spiro atoms. The van der Waals surface area contributed by atoms with E-state index in [4.69, 9.17) is 12.2 Å². The highest BCUT2D eigenvalue weighted by atomic mass is 32.1. The van der Waals surface area contributed by atoms with Crippen LogP contribution in [0.3, 0.4) is 0 Å². The standard InChI is InChI=1S/C10H17N5S/c1-7-9(8(2)14(3)13-7)4-15-5-11-10(16)12-6-15/h4-6H2,1-3H3,(H2,11,12,16). The van der Waals surface area contributed by atoms with Crippen LogP contribution in [0.25, 0.3) is 0 Å². The number of thiocarbonyl (C=S) groups is 1. The zero-order chi connectivity index (χ0) is 11.7. The van der Waals surface area contributed by atoms with Crippen molar-refractivity contribution in [3.8, 4) is 0 Å². The summed E-state index contributed by atoms with van der Waals surface area (Å²) in [6.07, 6.45) is 0. The molecule has 5 nitrogen and oxygen atoms in total. The lowest BCUT2D eigenvalue weighted by Crippen LogP contribution is -2.53. The van der Waals surface area contributed by atoms with E-state index in [0.29, 0.717) is 0 Å². The first-order valence-electron chi connectivity index (χ1n) is 5.31. The molecule has 6 heteroatoms. The largest absolute Gasteiger partial charge is 0.350 e. The van der Waals surface area contributed by atoms with Crippen molar-refractivity contribution in [2.75, 3.05) is 13.3 Å². The van der Waals surface area contributed by atoms with Gasteiger partial charge in [-0.25, -0.2) is 0 Å². The van der Waals surface area contributed by atoms with Gasteiger partial charge < -0.3 is 10.6 Å². The summed E-state index contributed by atoms with van der Waals surface area (Å²) in [5.41, 5.74) is 3.64. The van der Waals surface area contributed by atoms with E-state index in [0.717, 1.165) is 30.7 Å². The number of aromatic nitrogens is 2. The van der Waals surface area contributed by atoms with Gasteiger partial charge >= 0.3 is 0 Å². The summed E-state index contributed by atoms with van der Waals surface area (Å²) in [4.78, 5) is 2.26. The number of hydrogen-bond acceptors (Lipinski definition) is 3. The molecule has 1 aliphatic rings. The molecule has 0 radical (unpaired) electrons. The Morgan fingerprint density at radius 2 is 1.94 bits per heavy atom. The van der Waals surface area contributed by atoms with Gasteiger partial charge in [0.15, 0.2) is 5.11 Å². The van der Waals surface area contributed by atoms with Crippen LogP contribution >= 0.6 is 12.2 Å². The Bertz CT molecular complexity index is 402. The lowest BCUT2D eigenvalue weighted by atomic mass is 10.2. The second-order valence-corrected chi connectivity index (χ2v) is 4.51. The number of nitrogens with zero attached hydrogens (tertiary/aromatic N) is 3. The summed E-state index contributed by atoms with van der Waals surface area (Å²) in [6.45, 7) is 6.63. The van der Waals surface area contributed by atoms with Gasteiger partial charge in [-0.15, -0.1) is 0 Å². The quantitative estimate of drug-likeness (QED) is 0.724. The average Bonchev–Trinajstić information content (AvgIpc) is 2.48. The first kappa shape index (κ1) is 11.3. The molecule has 1 saturated heterocycles. The van der Waals surface area contributed by atoms with Crippen molar-refractivity contribution in [3.05, 3.63) is 17.0 Å². The Balaban J connectivity index is 2.06. The zero-order valence-corrected chi connectivity index (χ0v) is 10.7. The molecule has 0 aromatic carbocycles. The molecule has 2 rings (SSSR count). The molecule has 1 aromatic rings. The van der Waals surface area contributed by atoms with Crippen LogP contribution in [-0.4, -0.2) is 33.1 Å². The van der Waals surface area contributed by atoms with Crippen LogP contribution in [0.5, 0.6) is 0 Å². The van der Waals surface area contributed by atoms with E-state index in [1.165, 1.54) is 11.3 Å². The lowest BCUT2D eigenvalue weighted by molar-refractivity contribution is 0.235. The van der Waals surface area contributed by atoms with E-state index in [2.05, 4.69) is 34.5 Å². The van der Waals surface area contributed by atoms with Gasteiger partial charge in [0.2, 0.25) is 0 Å². The van der Waals surface area contributed by atoms with Crippen molar-refractivity contribution in [2.24, 2.45) is 7.05 Å². The SMILES string of the molecule is Cc1nn(C)c(C)c1CN1CNC(=S)NC1. The maximum Gasteiger partial charge on any atom is 0.168 e. The molecule has 0 amide bonds. The number of hydrogen-bond donors (Lipinski definition) is 2. The lowest BCUT2D eigenvalue weighted by Gasteiger charge is -2.29. The average molecular weight is 239 g/mol. The van der Waals surface area contributed by atoms with Crippen LogP contribution in [-0.2, 0) is 13.6 Å². The van der Waals surface area contributed by atoms with Gasteiger partial charge in [-0.3, -0.25) is 9.58 Å². The molecule has 88 valence electrons. The molecule has 1 aliphatic heterocycles. The van der Waals surface area contributed by atoms with Crippen LogP contribution < -0.4 is 10.6 Å². The van der Waals surface area contributed by atoms with E-state index >= 15 is 0 Å². The Morgan fingerprint density at radius 3 is 2.44 bits per heavy atom. The van der Waals surface area contributed by atoms with E-state index in [9.17, 15) is 0 Å². The van der Waals surface area contributed by atoms with Crippen LogP contribution in [0.1, 0.15) is 17.0 Å². The van der Waals surface area contributed by atoms with Gasteiger partial charge in [-0.05, 0) is 26.1 Å². The van der Waals surface area contributed by atoms with Crippen molar-refractivity contribution in [1.82, 2.24) is 25.3 Å². The van der Waals surface area contributed by atoms with Crippen LogP contribution in [0.4, 0.5) is 0 Å². The molecule has 0 aliphatic carbocycles. The summed E-state index contributed by atoms with van der Waals surface area (Å²) in [7, 11) is 1.98. The molecule has 2 N–H and O–H groups in total. The molecule has 2 heterocycles. The van der Waals surface area contributed by atoms with E-state index in [1.54, 1.807) is 0 Å². The second-order valence-electron chi connectivity index (χ2n) is 4.10. The fourth-order valence-electron chi connectivity index (χ4n) is 1.87. The predicted molar refractivity (Wildman–Crippen MR) is 66.8 cm³/mol. The first-order valence-corrected chi connectivity index (χ1v) is 5.72. The molecule has 0 saturated carbocycles. The highest BCUT2D eigenvalue weighted by molar-refractivity contribution is 7.80. The Morgan fingerprint density at radius 1 is 1.31 bits per heavy atom. The van der Waals surface area contributed by atoms with Crippen LogP contribution in [0.15, 0.2) is 0 Å². The smallest absolute Gasteiger partial charge is 0.168 e. The minimum atomic E-state index is 0.732. The highest BCUT2D eigenvalue weighted by Crippen LogP contribution is 2.14. The second kappa shape index (κ2) is 4.39. The third-order valence-corrected chi connectivity index (χ3v) is 3.26. The molecule has 0 unspecified atom stereocenters. The zero-order valence-electron chi connectivity index (χ0n) is 9.87. The number of aryl methyl sites for hydroxylation is 2. The Hall–Kier alpha value is -1.14. The fraction of sp³-hybridized carbons (Fsp3) is 0.600. The molecular formula is C10H17N5S. The van der Waals surface area contributed by atoms with Gasteiger partial charge in [-0.2, -0.15) is 5.10 Å². The van der Waals surface area contributed by atoms with E-state index in [1.807, 2.05) is 11.7 Å². The van der Waals surface area contributed by atoms with Crippen molar-refractivity contribution < 1.29 is 0 Å². The molecular weight excluding hydrogens is 222 g/mol. The minimum Gasteiger partial charge on any atom is -0.350 e. The normalized spacial score (nSPS) is 17.1. The predicted octanol–water partition coefficient (Wildman–Crippen LogP) is 0.232. The van der Waals surface area contributed by atoms with Gasteiger partial charge in [0, 0.05) is 24.8 Å².